The third-order valence-corrected chi connectivity index (χ3v) is 3.77. The molecule has 126 valence electrons. The minimum Gasteiger partial charge on any atom is -0.493 e. The Morgan fingerprint density at radius 3 is 2.56 bits per heavy atom. The van der Waals surface area contributed by atoms with Gasteiger partial charge in [-0.25, -0.2) is 4.98 Å². The first-order valence-corrected chi connectivity index (χ1v) is 8.12. The van der Waals surface area contributed by atoms with Crippen LogP contribution in [0.25, 0.3) is 17.5 Å². The maximum absolute atomic E-state index is 10.3. The van der Waals surface area contributed by atoms with Crippen molar-refractivity contribution in [2.45, 2.75) is 13.3 Å². The fraction of sp³-hybridized carbons (Fsp3) is 0.143. The number of ether oxygens (including phenoxy) is 1. The highest BCUT2D eigenvalue weighted by atomic mass is 16.5. The second-order valence-electron chi connectivity index (χ2n) is 5.55. The Morgan fingerprint density at radius 2 is 1.84 bits per heavy atom. The van der Waals surface area contributed by atoms with E-state index in [1.807, 2.05) is 61.5 Å². The number of aromatic nitrogens is 1. The number of rotatable bonds is 7. The van der Waals surface area contributed by atoms with Gasteiger partial charge >= 0.3 is 0 Å². The van der Waals surface area contributed by atoms with Crippen LogP contribution >= 0.6 is 0 Å². The zero-order chi connectivity index (χ0) is 17.5. The third-order valence-electron chi connectivity index (χ3n) is 3.77. The van der Waals surface area contributed by atoms with E-state index in [2.05, 4.69) is 4.98 Å². The molecular weight excluding hydrogens is 314 g/mol. The number of hydrogen-bond acceptors (Lipinski definition) is 4. The van der Waals surface area contributed by atoms with Crippen LogP contribution in [-0.4, -0.2) is 17.9 Å². The first-order valence-electron chi connectivity index (χ1n) is 8.12. The zero-order valence-corrected chi connectivity index (χ0v) is 14.0. The van der Waals surface area contributed by atoms with Crippen molar-refractivity contribution in [1.82, 2.24) is 4.98 Å². The van der Waals surface area contributed by atoms with Crippen molar-refractivity contribution in [3.63, 3.8) is 0 Å². The lowest BCUT2D eigenvalue weighted by molar-refractivity contribution is -0.104. The standard InChI is InChI=1S/C21H19NO3/c1-16-20(22-21(25-16)18-7-3-2-4-8-18)13-15-24-19-11-9-17(10-12-19)6-5-14-23/h2-12,14H,13,15H2,1H3. The number of hydrogen-bond donors (Lipinski definition) is 0. The van der Waals surface area contributed by atoms with Crippen LogP contribution in [0.1, 0.15) is 17.0 Å². The molecule has 0 saturated heterocycles. The lowest BCUT2D eigenvalue weighted by Crippen LogP contribution is -2.02. The average molecular weight is 333 g/mol. The summed E-state index contributed by atoms with van der Waals surface area (Å²) >= 11 is 0. The van der Waals surface area contributed by atoms with Gasteiger partial charge in [0.15, 0.2) is 0 Å². The van der Waals surface area contributed by atoms with E-state index in [4.69, 9.17) is 9.15 Å². The van der Waals surface area contributed by atoms with Crippen LogP contribution in [-0.2, 0) is 11.2 Å². The van der Waals surface area contributed by atoms with E-state index >= 15 is 0 Å². The summed E-state index contributed by atoms with van der Waals surface area (Å²) in [5.41, 5.74) is 2.83. The molecule has 4 nitrogen and oxygen atoms in total. The van der Waals surface area contributed by atoms with Crippen LogP contribution in [0, 0.1) is 6.92 Å². The van der Waals surface area contributed by atoms with Gasteiger partial charge in [0.2, 0.25) is 5.89 Å². The monoisotopic (exact) mass is 333 g/mol. The first kappa shape index (κ1) is 16.7. The summed E-state index contributed by atoms with van der Waals surface area (Å²) in [5, 5.41) is 0. The van der Waals surface area contributed by atoms with Gasteiger partial charge in [-0.05, 0) is 42.8 Å². The van der Waals surface area contributed by atoms with Gasteiger partial charge in [0, 0.05) is 12.0 Å². The summed E-state index contributed by atoms with van der Waals surface area (Å²) < 4.78 is 11.5. The number of allylic oxidation sites excluding steroid dienone is 1. The minimum atomic E-state index is 0.519. The number of aryl methyl sites for hydroxylation is 1. The molecule has 0 atom stereocenters. The Bertz CT molecular complexity index is 849. The Kier molecular flexibility index (Phi) is 5.42. The van der Waals surface area contributed by atoms with E-state index in [1.54, 1.807) is 6.08 Å². The second-order valence-corrected chi connectivity index (χ2v) is 5.55. The highest BCUT2D eigenvalue weighted by molar-refractivity contribution is 5.73. The minimum absolute atomic E-state index is 0.519. The van der Waals surface area contributed by atoms with Crippen LogP contribution in [0.4, 0.5) is 0 Å². The van der Waals surface area contributed by atoms with Crippen LogP contribution in [0.5, 0.6) is 5.75 Å². The quantitative estimate of drug-likeness (QED) is 0.472. The smallest absolute Gasteiger partial charge is 0.226 e. The fourth-order valence-electron chi connectivity index (χ4n) is 2.46. The lowest BCUT2D eigenvalue weighted by atomic mass is 10.2. The molecule has 4 heteroatoms. The summed E-state index contributed by atoms with van der Waals surface area (Å²) in [7, 11) is 0. The topological polar surface area (TPSA) is 52.3 Å². The highest BCUT2D eigenvalue weighted by Crippen LogP contribution is 2.22. The molecule has 0 aliphatic heterocycles. The van der Waals surface area contributed by atoms with Gasteiger partial charge in [-0.2, -0.15) is 0 Å². The Labute approximate surface area is 146 Å². The number of carbonyl (C=O) groups excluding carboxylic acids is 1. The van der Waals surface area contributed by atoms with Gasteiger partial charge in [-0.3, -0.25) is 4.79 Å². The molecule has 0 bridgehead atoms. The summed E-state index contributed by atoms with van der Waals surface area (Å²) in [6.45, 7) is 2.44. The predicted octanol–water partition coefficient (Wildman–Crippen LogP) is 4.48. The van der Waals surface area contributed by atoms with E-state index in [0.717, 1.165) is 34.6 Å². The molecule has 0 amide bonds. The van der Waals surface area contributed by atoms with Crippen molar-refractivity contribution < 1.29 is 13.9 Å². The molecule has 1 heterocycles. The second kappa shape index (κ2) is 8.11. The summed E-state index contributed by atoms with van der Waals surface area (Å²) in [5.74, 6) is 2.24. The molecule has 1 aromatic heterocycles. The molecule has 3 aromatic rings. The largest absolute Gasteiger partial charge is 0.493 e. The Morgan fingerprint density at radius 1 is 1.08 bits per heavy atom. The summed E-state index contributed by atoms with van der Waals surface area (Å²) in [6, 6.07) is 17.4. The fourth-order valence-corrected chi connectivity index (χ4v) is 2.46. The zero-order valence-electron chi connectivity index (χ0n) is 14.0. The number of aldehydes is 1. The third kappa shape index (κ3) is 4.44. The van der Waals surface area contributed by atoms with Crippen LogP contribution in [0.3, 0.4) is 0 Å². The van der Waals surface area contributed by atoms with Gasteiger partial charge in [-0.15, -0.1) is 0 Å². The normalized spacial score (nSPS) is 10.9. The molecule has 2 aromatic carbocycles. The molecule has 0 radical (unpaired) electrons. The van der Waals surface area contributed by atoms with Gasteiger partial charge in [0.25, 0.3) is 0 Å². The van der Waals surface area contributed by atoms with Crippen LogP contribution < -0.4 is 4.74 Å². The molecule has 0 saturated carbocycles. The maximum atomic E-state index is 10.3. The van der Waals surface area contributed by atoms with E-state index in [1.165, 1.54) is 6.08 Å². The average Bonchev–Trinajstić information content (AvgIpc) is 3.03. The molecule has 0 aliphatic rings. The van der Waals surface area contributed by atoms with Crippen molar-refractivity contribution in [2.24, 2.45) is 0 Å². The van der Waals surface area contributed by atoms with E-state index in [9.17, 15) is 4.79 Å². The maximum Gasteiger partial charge on any atom is 0.226 e. The first-order chi connectivity index (χ1) is 12.3. The van der Waals surface area contributed by atoms with Crippen LogP contribution in [0.2, 0.25) is 0 Å². The van der Waals surface area contributed by atoms with E-state index < -0.39 is 0 Å². The summed E-state index contributed by atoms with van der Waals surface area (Å²) in [4.78, 5) is 14.9. The Hall–Kier alpha value is -3.14. The van der Waals surface area contributed by atoms with Crippen molar-refractivity contribution in [3.05, 3.63) is 77.7 Å². The SMILES string of the molecule is Cc1oc(-c2ccccc2)nc1CCOc1ccc(C=CC=O)cc1. The molecular formula is C21H19NO3. The van der Waals surface area contributed by atoms with Gasteiger partial charge in [-0.1, -0.05) is 36.4 Å². The van der Waals surface area contributed by atoms with Crippen molar-refractivity contribution in [2.75, 3.05) is 6.61 Å². The molecule has 25 heavy (non-hydrogen) atoms. The number of carbonyl (C=O) groups is 1. The van der Waals surface area contributed by atoms with Crippen LogP contribution in [0.15, 0.2) is 65.1 Å². The summed E-state index contributed by atoms with van der Waals surface area (Å²) in [6.07, 6.45) is 4.65. The molecule has 0 unspecified atom stereocenters. The molecule has 0 aliphatic carbocycles. The van der Waals surface area contributed by atoms with Gasteiger partial charge in [0.05, 0.1) is 12.3 Å². The number of benzene rings is 2. The van der Waals surface area contributed by atoms with E-state index in [-0.39, 0.29) is 0 Å². The predicted molar refractivity (Wildman–Crippen MR) is 97.4 cm³/mol. The molecule has 3 rings (SSSR count). The molecule has 0 spiro atoms. The number of oxazole rings is 1. The Balaban J connectivity index is 1.58. The van der Waals surface area contributed by atoms with Gasteiger partial charge < -0.3 is 9.15 Å². The molecule has 0 N–H and O–H groups in total. The lowest BCUT2D eigenvalue weighted by Gasteiger charge is -2.05. The van der Waals surface area contributed by atoms with Gasteiger partial charge in [0.1, 0.15) is 17.8 Å². The van der Waals surface area contributed by atoms with Crippen molar-refractivity contribution in [1.29, 1.82) is 0 Å². The van der Waals surface area contributed by atoms with E-state index in [0.29, 0.717) is 18.9 Å². The van der Waals surface area contributed by atoms with Crippen molar-refractivity contribution in [3.8, 4) is 17.2 Å². The molecule has 0 fully saturated rings. The van der Waals surface area contributed by atoms with Crippen molar-refractivity contribution >= 4 is 12.4 Å². The highest BCUT2D eigenvalue weighted by Gasteiger charge is 2.11. The number of nitrogens with zero attached hydrogens (tertiary/aromatic N) is 1.